The van der Waals surface area contributed by atoms with Crippen molar-refractivity contribution in [2.24, 2.45) is 0 Å². The summed E-state index contributed by atoms with van der Waals surface area (Å²) in [7, 11) is 0. The van der Waals surface area contributed by atoms with Crippen LogP contribution in [0.25, 0.3) is 10.2 Å². The third-order valence-electron chi connectivity index (χ3n) is 2.60. The van der Waals surface area contributed by atoms with Gasteiger partial charge in [0.2, 0.25) is 0 Å². The zero-order valence-electron chi connectivity index (χ0n) is 9.75. The van der Waals surface area contributed by atoms with Crippen LogP contribution in [0, 0.1) is 17.5 Å². The van der Waals surface area contributed by atoms with Crippen LogP contribution >= 0.6 is 27.3 Å². The lowest BCUT2D eigenvalue weighted by Crippen LogP contribution is -1.95. The van der Waals surface area contributed by atoms with Gasteiger partial charge in [-0.05, 0) is 34.1 Å². The quantitative estimate of drug-likeness (QED) is 0.635. The second-order valence-electron chi connectivity index (χ2n) is 4.00. The number of halogens is 4. The van der Waals surface area contributed by atoms with Crippen LogP contribution in [0.4, 0.5) is 24.0 Å². The van der Waals surface area contributed by atoms with Crippen molar-refractivity contribution in [3.63, 3.8) is 0 Å². The van der Waals surface area contributed by atoms with E-state index >= 15 is 0 Å². The first kappa shape index (κ1) is 13.4. The lowest BCUT2D eigenvalue weighted by atomic mass is 10.3. The lowest BCUT2D eigenvalue weighted by Gasteiger charge is -2.05. The maximum absolute atomic E-state index is 13.7. The third kappa shape index (κ3) is 2.51. The Balaban J connectivity index is 1.99. The average Bonchev–Trinajstić information content (AvgIpc) is 2.77. The minimum atomic E-state index is -0.608. The number of nitrogens with one attached hydrogen (secondary N) is 1. The molecule has 0 unspecified atom stereocenters. The summed E-state index contributed by atoms with van der Waals surface area (Å²) in [6.45, 7) is 0. The van der Waals surface area contributed by atoms with E-state index in [1.165, 1.54) is 23.5 Å². The van der Waals surface area contributed by atoms with Crippen molar-refractivity contribution < 1.29 is 13.2 Å². The molecule has 2 nitrogen and oxygen atoms in total. The lowest BCUT2D eigenvalue weighted by molar-refractivity contribution is 0.598. The first-order valence-corrected chi connectivity index (χ1v) is 7.11. The molecule has 0 atom stereocenters. The van der Waals surface area contributed by atoms with Crippen LogP contribution in [-0.4, -0.2) is 4.98 Å². The van der Waals surface area contributed by atoms with Gasteiger partial charge in [0, 0.05) is 12.1 Å². The van der Waals surface area contributed by atoms with Crippen molar-refractivity contribution in [2.45, 2.75) is 0 Å². The van der Waals surface area contributed by atoms with Gasteiger partial charge in [-0.15, -0.1) is 0 Å². The number of anilines is 2. The molecule has 1 N–H and O–H groups in total. The number of benzene rings is 2. The molecular weight excluding hydrogens is 353 g/mol. The highest BCUT2D eigenvalue weighted by Gasteiger charge is 2.11. The molecular formula is C13H6BrF3N2S. The summed E-state index contributed by atoms with van der Waals surface area (Å²) in [5.41, 5.74) is 0.445. The molecule has 1 heterocycles. The van der Waals surface area contributed by atoms with E-state index in [0.717, 1.165) is 16.8 Å². The Labute approximate surface area is 124 Å². The zero-order valence-corrected chi connectivity index (χ0v) is 12.2. The van der Waals surface area contributed by atoms with Gasteiger partial charge < -0.3 is 5.32 Å². The zero-order chi connectivity index (χ0) is 14.3. The van der Waals surface area contributed by atoms with Crippen molar-refractivity contribution >= 4 is 48.3 Å². The minimum Gasteiger partial charge on any atom is -0.329 e. The third-order valence-corrected chi connectivity index (χ3v) is 4.16. The Hall–Kier alpha value is -1.60. The van der Waals surface area contributed by atoms with Crippen LogP contribution in [0.5, 0.6) is 0 Å². The molecule has 0 aliphatic heterocycles. The van der Waals surface area contributed by atoms with Crippen LogP contribution < -0.4 is 5.32 Å². The molecule has 3 aromatic rings. The van der Waals surface area contributed by atoms with Gasteiger partial charge in [-0.3, -0.25) is 0 Å². The Morgan fingerprint density at radius 1 is 1.05 bits per heavy atom. The highest BCUT2D eigenvalue weighted by atomic mass is 79.9. The molecule has 20 heavy (non-hydrogen) atoms. The Morgan fingerprint density at radius 2 is 1.85 bits per heavy atom. The van der Waals surface area contributed by atoms with E-state index in [0.29, 0.717) is 10.6 Å². The molecule has 3 rings (SSSR count). The molecule has 0 bridgehead atoms. The Morgan fingerprint density at radius 3 is 2.65 bits per heavy atom. The molecule has 0 fully saturated rings. The van der Waals surface area contributed by atoms with Gasteiger partial charge in [-0.25, -0.2) is 18.2 Å². The fourth-order valence-electron chi connectivity index (χ4n) is 1.69. The van der Waals surface area contributed by atoms with Crippen LogP contribution in [0.2, 0.25) is 0 Å². The van der Waals surface area contributed by atoms with Crippen LogP contribution in [-0.2, 0) is 0 Å². The van der Waals surface area contributed by atoms with E-state index < -0.39 is 17.5 Å². The first-order valence-electron chi connectivity index (χ1n) is 5.50. The van der Waals surface area contributed by atoms with E-state index in [4.69, 9.17) is 0 Å². The summed E-state index contributed by atoms with van der Waals surface area (Å²) < 4.78 is 41.0. The molecule has 2 aromatic carbocycles. The molecule has 0 amide bonds. The summed E-state index contributed by atoms with van der Waals surface area (Å²) in [6.07, 6.45) is 0. The molecule has 0 saturated heterocycles. The Kier molecular flexibility index (Phi) is 3.39. The summed E-state index contributed by atoms with van der Waals surface area (Å²) in [4.78, 5) is 4.13. The minimum absolute atomic E-state index is 0.0229. The van der Waals surface area contributed by atoms with E-state index in [1.807, 2.05) is 0 Å². The van der Waals surface area contributed by atoms with Gasteiger partial charge in [0.05, 0.1) is 20.4 Å². The van der Waals surface area contributed by atoms with E-state index in [9.17, 15) is 13.2 Å². The van der Waals surface area contributed by atoms with Gasteiger partial charge in [-0.1, -0.05) is 11.3 Å². The highest BCUT2D eigenvalue weighted by molar-refractivity contribution is 9.10. The van der Waals surface area contributed by atoms with Crippen LogP contribution in [0.3, 0.4) is 0 Å². The molecule has 1 aromatic heterocycles. The monoisotopic (exact) mass is 358 g/mol. The van der Waals surface area contributed by atoms with Crippen molar-refractivity contribution in [2.75, 3.05) is 5.32 Å². The molecule has 0 spiro atoms. The predicted molar refractivity (Wildman–Crippen MR) is 76.9 cm³/mol. The molecule has 0 radical (unpaired) electrons. The number of nitrogens with zero attached hydrogens (tertiary/aromatic N) is 1. The van der Waals surface area contributed by atoms with E-state index in [1.54, 1.807) is 6.07 Å². The number of hydrogen-bond acceptors (Lipinski definition) is 3. The molecule has 0 aliphatic carbocycles. The van der Waals surface area contributed by atoms with Crippen molar-refractivity contribution in [3.05, 3.63) is 52.3 Å². The topological polar surface area (TPSA) is 24.9 Å². The number of thiazole rings is 1. The second kappa shape index (κ2) is 5.06. The standard InChI is InChI=1S/C13H6BrF3N2S/c14-7-4-9(17)10(5-8(7)16)18-13-19-11-3-6(15)1-2-12(11)20-13/h1-5H,(H,18,19). The maximum Gasteiger partial charge on any atom is 0.188 e. The number of hydrogen-bond donors (Lipinski definition) is 1. The van der Waals surface area contributed by atoms with Crippen molar-refractivity contribution in [3.8, 4) is 0 Å². The van der Waals surface area contributed by atoms with Gasteiger partial charge in [-0.2, -0.15) is 0 Å². The van der Waals surface area contributed by atoms with Gasteiger partial charge >= 0.3 is 0 Å². The summed E-state index contributed by atoms with van der Waals surface area (Å²) >= 11 is 4.13. The molecule has 7 heteroatoms. The van der Waals surface area contributed by atoms with Crippen LogP contribution in [0.15, 0.2) is 34.8 Å². The van der Waals surface area contributed by atoms with Crippen LogP contribution in [0.1, 0.15) is 0 Å². The number of aromatic nitrogens is 1. The fourth-order valence-corrected chi connectivity index (χ4v) is 2.86. The second-order valence-corrected chi connectivity index (χ2v) is 5.89. The number of fused-ring (bicyclic) bond motifs is 1. The van der Waals surface area contributed by atoms with Gasteiger partial charge in [0.25, 0.3) is 0 Å². The highest BCUT2D eigenvalue weighted by Crippen LogP contribution is 2.31. The van der Waals surface area contributed by atoms with E-state index in [-0.39, 0.29) is 10.2 Å². The van der Waals surface area contributed by atoms with E-state index in [2.05, 4.69) is 26.2 Å². The number of rotatable bonds is 2. The summed E-state index contributed by atoms with van der Waals surface area (Å²) in [5.74, 6) is -1.58. The smallest absolute Gasteiger partial charge is 0.188 e. The molecule has 0 saturated carbocycles. The molecule has 102 valence electrons. The summed E-state index contributed by atoms with van der Waals surface area (Å²) in [5, 5.41) is 3.07. The first-order chi connectivity index (χ1) is 9.52. The average molecular weight is 359 g/mol. The largest absolute Gasteiger partial charge is 0.329 e. The fraction of sp³-hybridized carbons (Fsp3) is 0. The molecule has 0 aliphatic rings. The maximum atomic E-state index is 13.7. The van der Waals surface area contributed by atoms with Crippen molar-refractivity contribution in [1.82, 2.24) is 4.98 Å². The Bertz CT molecular complexity index is 804. The predicted octanol–water partition coefficient (Wildman–Crippen LogP) is 5.22. The van der Waals surface area contributed by atoms with Crippen molar-refractivity contribution in [1.29, 1.82) is 0 Å². The van der Waals surface area contributed by atoms with Gasteiger partial charge in [0.1, 0.15) is 17.5 Å². The SMILES string of the molecule is Fc1ccc2sc(Nc3cc(F)c(Br)cc3F)nc2c1. The van der Waals surface area contributed by atoms with Gasteiger partial charge in [0.15, 0.2) is 5.13 Å². The summed E-state index contributed by atoms with van der Waals surface area (Å²) in [6, 6.07) is 6.27. The normalized spacial score (nSPS) is 11.0.